The molecule has 0 amide bonds. The van der Waals surface area contributed by atoms with Crippen LogP contribution in [0, 0.1) is 12.3 Å². The Balaban J connectivity index is 1.67. The maximum atomic E-state index is 12.2. The predicted octanol–water partition coefficient (Wildman–Crippen LogP) is 2.80. The monoisotopic (exact) mass is 378 g/mol. The molecule has 0 aliphatic rings. The smallest absolute Gasteiger partial charge is 0.258 e. The fourth-order valence-corrected chi connectivity index (χ4v) is 3.65. The Morgan fingerprint density at radius 2 is 2.04 bits per heavy atom. The van der Waals surface area contributed by atoms with Gasteiger partial charge in [-0.15, -0.1) is 6.42 Å². The van der Waals surface area contributed by atoms with Gasteiger partial charge in [-0.25, -0.2) is 8.42 Å². The zero-order valence-corrected chi connectivity index (χ0v) is 14.8. The number of nitrogens with zero attached hydrogens (tertiary/aromatic N) is 2. The molecule has 27 heavy (non-hydrogen) atoms. The lowest BCUT2D eigenvalue weighted by molar-refractivity contribution is 0.432. The van der Waals surface area contributed by atoms with Crippen molar-refractivity contribution in [3.05, 3.63) is 54.7 Å². The molecule has 4 rings (SSSR count). The van der Waals surface area contributed by atoms with Crippen LogP contribution in [0.1, 0.15) is 0 Å². The van der Waals surface area contributed by atoms with E-state index in [2.05, 4.69) is 25.8 Å². The van der Waals surface area contributed by atoms with E-state index < -0.39 is 10.0 Å². The molecule has 0 bridgehead atoms. The summed E-state index contributed by atoms with van der Waals surface area (Å²) in [6, 6.07) is 14.0. The zero-order valence-electron chi connectivity index (χ0n) is 14.0. The first-order valence-corrected chi connectivity index (χ1v) is 9.50. The number of hydrogen-bond acceptors (Lipinski definition) is 5. The Kier molecular flexibility index (Phi) is 4.24. The van der Waals surface area contributed by atoms with Crippen molar-refractivity contribution >= 4 is 20.9 Å². The lowest BCUT2D eigenvalue weighted by atomic mass is 10.1. The highest BCUT2D eigenvalue weighted by atomic mass is 32.2. The molecule has 0 fully saturated rings. The fraction of sp³-hybridized carbons (Fsp3) is 0.0526. The number of sulfonamides is 1. The van der Waals surface area contributed by atoms with Crippen LogP contribution < -0.4 is 4.72 Å². The molecule has 0 unspecified atom stereocenters. The van der Waals surface area contributed by atoms with Gasteiger partial charge >= 0.3 is 0 Å². The standard InChI is InChI=1S/C19H14N4O3S/c1-2-9-21-27(24,25)16-5-3-4-15(12-16)19-22-18(23-26-19)14-6-7-17-13(11-14)8-10-20-17/h1,3-8,10-12,20-21H,9H2. The van der Waals surface area contributed by atoms with E-state index in [9.17, 15) is 8.42 Å². The van der Waals surface area contributed by atoms with Gasteiger partial charge < -0.3 is 9.51 Å². The van der Waals surface area contributed by atoms with Gasteiger partial charge in [0.25, 0.3) is 5.89 Å². The van der Waals surface area contributed by atoms with Crippen LogP contribution in [-0.4, -0.2) is 30.1 Å². The summed E-state index contributed by atoms with van der Waals surface area (Å²) in [4.78, 5) is 7.59. The third-order valence-electron chi connectivity index (χ3n) is 3.99. The molecule has 2 aromatic heterocycles. The van der Waals surface area contributed by atoms with Gasteiger partial charge in [-0.05, 0) is 42.5 Å². The average molecular weight is 378 g/mol. The minimum atomic E-state index is -3.70. The maximum absolute atomic E-state index is 12.2. The zero-order chi connectivity index (χ0) is 18.9. The molecule has 134 valence electrons. The molecular formula is C19H14N4O3S. The molecule has 0 saturated heterocycles. The van der Waals surface area contributed by atoms with Gasteiger partial charge in [-0.2, -0.15) is 9.71 Å². The van der Waals surface area contributed by atoms with Crippen molar-refractivity contribution in [2.45, 2.75) is 4.90 Å². The number of fused-ring (bicyclic) bond motifs is 1. The summed E-state index contributed by atoms with van der Waals surface area (Å²) in [5.74, 6) is 2.89. The van der Waals surface area contributed by atoms with Gasteiger partial charge in [0.15, 0.2) is 0 Å². The molecule has 7 nitrogen and oxygen atoms in total. The average Bonchev–Trinajstić information content (AvgIpc) is 3.35. The molecule has 0 saturated carbocycles. The molecule has 2 N–H and O–H groups in total. The van der Waals surface area contributed by atoms with Crippen LogP contribution >= 0.6 is 0 Å². The molecule has 0 spiro atoms. The number of terminal acetylenes is 1. The van der Waals surface area contributed by atoms with Crippen LogP contribution in [0.25, 0.3) is 33.7 Å². The van der Waals surface area contributed by atoms with E-state index in [1.807, 2.05) is 30.5 Å². The minimum Gasteiger partial charge on any atom is -0.361 e. The number of H-pyrrole nitrogens is 1. The summed E-state index contributed by atoms with van der Waals surface area (Å²) in [5, 5.41) is 5.04. The summed E-state index contributed by atoms with van der Waals surface area (Å²) in [6.07, 6.45) is 6.97. The van der Waals surface area contributed by atoms with Crippen LogP contribution in [0.15, 0.2) is 64.1 Å². The molecular weight excluding hydrogens is 364 g/mol. The normalized spacial score (nSPS) is 11.5. The van der Waals surface area contributed by atoms with Crippen molar-refractivity contribution in [1.29, 1.82) is 0 Å². The number of hydrogen-bond donors (Lipinski definition) is 2. The summed E-state index contributed by atoms with van der Waals surface area (Å²) >= 11 is 0. The van der Waals surface area contributed by atoms with Crippen LogP contribution in [0.5, 0.6) is 0 Å². The summed E-state index contributed by atoms with van der Waals surface area (Å²) in [7, 11) is -3.70. The second-order valence-corrected chi connectivity index (χ2v) is 7.53. The van der Waals surface area contributed by atoms with Crippen molar-refractivity contribution < 1.29 is 12.9 Å². The number of aromatic amines is 1. The van der Waals surface area contributed by atoms with E-state index in [0.717, 1.165) is 16.5 Å². The topological polar surface area (TPSA) is 101 Å². The van der Waals surface area contributed by atoms with Gasteiger partial charge in [0.05, 0.1) is 11.4 Å². The highest BCUT2D eigenvalue weighted by Crippen LogP contribution is 2.26. The Bertz CT molecular complexity index is 1270. The van der Waals surface area contributed by atoms with Gasteiger partial charge in [0.2, 0.25) is 15.8 Å². The Hall–Kier alpha value is -3.41. The number of aromatic nitrogens is 3. The predicted molar refractivity (Wildman–Crippen MR) is 101 cm³/mol. The fourth-order valence-electron chi connectivity index (χ4n) is 2.67. The van der Waals surface area contributed by atoms with Gasteiger partial charge in [-0.3, -0.25) is 0 Å². The van der Waals surface area contributed by atoms with Crippen LogP contribution in [0.4, 0.5) is 0 Å². The van der Waals surface area contributed by atoms with E-state index in [1.54, 1.807) is 12.1 Å². The Labute approximate surface area is 155 Å². The molecule has 0 atom stereocenters. The SMILES string of the molecule is C#CCNS(=O)(=O)c1cccc(-c2nc(-c3ccc4[nH]ccc4c3)no2)c1. The molecule has 0 radical (unpaired) electrons. The molecule has 0 aliphatic carbocycles. The lowest BCUT2D eigenvalue weighted by Crippen LogP contribution is -2.23. The van der Waals surface area contributed by atoms with E-state index >= 15 is 0 Å². The van der Waals surface area contributed by atoms with E-state index in [-0.39, 0.29) is 17.3 Å². The van der Waals surface area contributed by atoms with E-state index in [0.29, 0.717) is 11.4 Å². The molecule has 2 heterocycles. The van der Waals surface area contributed by atoms with Crippen LogP contribution in [0.2, 0.25) is 0 Å². The third-order valence-corrected chi connectivity index (χ3v) is 5.39. The summed E-state index contributed by atoms with van der Waals surface area (Å²) in [6.45, 7) is -0.0844. The maximum Gasteiger partial charge on any atom is 0.258 e. The molecule has 4 aromatic rings. The van der Waals surface area contributed by atoms with Crippen molar-refractivity contribution in [1.82, 2.24) is 19.8 Å². The van der Waals surface area contributed by atoms with Crippen molar-refractivity contribution in [3.8, 4) is 35.2 Å². The van der Waals surface area contributed by atoms with Crippen molar-refractivity contribution in [2.24, 2.45) is 0 Å². The Morgan fingerprint density at radius 3 is 2.89 bits per heavy atom. The first kappa shape index (κ1) is 17.0. The number of rotatable bonds is 5. The highest BCUT2D eigenvalue weighted by molar-refractivity contribution is 7.89. The molecule has 8 heteroatoms. The van der Waals surface area contributed by atoms with Crippen LogP contribution in [0.3, 0.4) is 0 Å². The summed E-state index contributed by atoms with van der Waals surface area (Å²) < 4.78 is 32.1. The van der Waals surface area contributed by atoms with E-state index in [4.69, 9.17) is 10.9 Å². The van der Waals surface area contributed by atoms with E-state index in [1.165, 1.54) is 12.1 Å². The molecule has 0 aliphatic heterocycles. The second-order valence-electron chi connectivity index (χ2n) is 5.76. The quantitative estimate of drug-likeness (QED) is 0.520. The summed E-state index contributed by atoms with van der Waals surface area (Å²) in [5.41, 5.74) is 2.32. The lowest BCUT2D eigenvalue weighted by Gasteiger charge is -2.04. The van der Waals surface area contributed by atoms with Crippen molar-refractivity contribution in [2.75, 3.05) is 6.54 Å². The van der Waals surface area contributed by atoms with Gasteiger partial charge in [0, 0.05) is 28.2 Å². The largest absolute Gasteiger partial charge is 0.361 e. The third kappa shape index (κ3) is 3.33. The van der Waals surface area contributed by atoms with Gasteiger partial charge in [0.1, 0.15) is 0 Å². The number of nitrogens with one attached hydrogen (secondary N) is 2. The highest BCUT2D eigenvalue weighted by Gasteiger charge is 2.16. The minimum absolute atomic E-state index is 0.0729. The van der Waals surface area contributed by atoms with Gasteiger partial charge in [-0.1, -0.05) is 17.1 Å². The first-order valence-electron chi connectivity index (χ1n) is 8.01. The second kappa shape index (κ2) is 6.72. The van der Waals surface area contributed by atoms with Crippen molar-refractivity contribution in [3.63, 3.8) is 0 Å². The Morgan fingerprint density at radius 1 is 1.15 bits per heavy atom. The molecule has 2 aromatic carbocycles. The van der Waals surface area contributed by atoms with Crippen LogP contribution in [-0.2, 0) is 10.0 Å². The number of benzene rings is 2. The first-order chi connectivity index (χ1) is 13.1.